The molecule has 1 N–H and O–H groups in total. The molecular weight excluding hydrogens is 276 g/mol. The Morgan fingerprint density at radius 2 is 2.39 bits per heavy atom. The van der Waals surface area contributed by atoms with Gasteiger partial charge in [0.1, 0.15) is 10.5 Å². The van der Waals surface area contributed by atoms with Gasteiger partial charge in [0.15, 0.2) is 0 Å². The van der Waals surface area contributed by atoms with E-state index in [1.807, 2.05) is 0 Å². The molecule has 2 heterocycles. The van der Waals surface area contributed by atoms with Crippen molar-refractivity contribution in [2.45, 2.75) is 29.4 Å². The Hall–Kier alpha value is -1.38. The first-order valence-electron chi connectivity index (χ1n) is 5.03. The number of oxazole rings is 1. The monoisotopic (exact) mass is 286 g/mol. The number of hydrogen-bond donors (Lipinski definition) is 1. The standard InChI is InChI=1S/C10H10N2O4S2/c1-5-4-16-10(11-5)18-9-7(12(14)15)3-8(17-9)6(2)13/h3-4,6,13H,1-2H3/t6-/m1/s1. The van der Waals surface area contributed by atoms with Crippen LogP contribution in [0.2, 0.25) is 0 Å². The fourth-order valence-electron chi connectivity index (χ4n) is 1.25. The van der Waals surface area contributed by atoms with E-state index in [1.54, 1.807) is 13.8 Å². The van der Waals surface area contributed by atoms with Crippen molar-refractivity contribution in [2.24, 2.45) is 0 Å². The van der Waals surface area contributed by atoms with Crippen molar-refractivity contribution in [2.75, 3.05) is 0 Å². The lowest BCUT2D eigenvalue weighted by molar-refractivity contribution is -0.387. The van der Waals surface area contributed by atoms with Gasteiger partial charge in [-0.1, -0.05) is 0 Å². The average molecular weight is 286 g/mol. The number of aryl methyl sites for hydroxylation is 1. The van der Waals surface area contributed by atoms with E-state index in [1.165, 1.54) is 23.7 Å². The summed E-state index contributed by atoms with van der Waals surface area (Å²) in [6, 6.07) is 1.38. The van der Waals surface area contributed by atoms with Crippen molar-refractivity contribution in [3.8, 4) is 0 Å². The van der Waals surface area contributed by atoms with Crippen LogP contribution in [0, 0.1) is 17.0 Å². The number of nitro groups is 1. The topological polar surface area (TPSA) is 89.4 Å². The Labute approximate surface area is 111 Å². The van der Waals surface area contributed by atoms with Crippen LogP contribution in [-0.2, 0) is 0 Å². The van der Waals surface area contributed by atoms with Crippen molar-refractivity contribution in [3.05, 3.63) is 33.0 Å². The molecule has 2 aromatic heterocycles. The maximum Gasteiger partial charge on any atom is 0.294 e. The third-order valence-corrected chi connectivity index (χ3v) is 4.43. The summed E-state index contributed by atoms with van der Waals surface area (Å²) in [5, 5.41) is 20.7. The zero-order valence-electron chi connectivity index (χ0n) is 9.61. The molecule has 0 radical (unpaired) electrons. The van der Waals surface area contributed by atoms with Crippen LogP contribution < -0.4 is 0 Å². The van der Waals surface area contributed by atoms with Crippen LogP contribution in [0.3, 0.4) is 0 Å². The highest BCUT2D eigenvalue weighted by Gasteiger charge is 2.23. The largest absolute Gasteiger partial charge is 0.439 e. The molecule has 2 aromatic rings. The second kappa shape index (κ2) is 5.09. The smallest absolute Gasteiger partial charge is 0.294 e. The van der Waals surface area contributed by atoms with Crippen LogP contribution in [0.25, 0.3) is 0 Å². The van der Waals surface area contributed by atoms with Gasteiger partial charge in [-0.2, -0.15) is 0 Å². The fraction of sp³-hybridized carbons (Fsp3) is 0.300. The van der Waals surface area contributed by atoms with Crippen LogP contribution in [0.15, 0.2) is 26.2 Å². The molecule has 0 bridgehead atoms. The third-order valence-electron chi connectivity index (χ3n) is 2.09. The van der Waals surface area contributed by atoms with Crippen molar-refractivity contribution >= 4 is 28.8 Å². The SMILES string of the molecule is Cc1coc(Sc2sc([C@@H](C)O)cc2[N+](=O)[O-])n1. The van der Waals surface area contributed by atoms with Crippen molar-refractivity contribution in [1.82, 2.24) is 4.98 Å². The first kappa shape index (κ1) is 13.1. The van der Waals surface area contributed by atoms with Crippen LogP contribution in [0.1, 0.15) is 23.6 Å². The summed E-state index contributed by atoms with van der Waals surface area (Å²) in [5.41, 5.74) is 0.684. The lowest BCUT2D eigenvalue weighted by atomic mass is 10.3. The molecule has 0 saturated heterocycles. The predicted molar refractivity (Wildman–Crippen MR) is 67.0 cm³/mol. The van der Waals surface area contributed by atoms with Gasteiger partial charge in [0.05, 0.1) is 16.7 Å². The molecule has 0 fully saturated rings. The van der Waals surface area contributed by atoms with E-state index in [2.05, 4.69) is 4.98 Å². The Morgan fingerprint density at radius 1 is 1.67 bits per heavy atom. The highest BCUT2D eigenvalue weighted by atomic mass is 32.2. The first-order valence-corrected chi connectivity index (χ1v) is 6.67. The highest BCUT2D eigenvalue weighted by molar-refractivity contribution is 8.01. The molecule has 0 amide bonds. The van der Waals surface area contributed by atoms with Gasteiger partial charge in [-0.3, -0.25) is 10.1 Å². The Bertz CT molecular complexity index is 576. The van der Waals surface area contributed by atoms with E-state index in [0.717, 1.165) is 11.8 Å². The van der Waals surface area contributed by atoms with Crippen molar-refractivity contribution in [1.29, 1.82) is 0 Å². The normalized spacial score (nSPS) is 12.6. The highest BCUT2D eigenvalue weighted by Crippen LogP contribution is 2.42. The average Bonchev–Trinajstić information content (AvgIpc) is 2.85. The van der Waals surface area contributed by atoms with E-state index in [9.17, 15) is 15.2 Å². The molecule has 8 heteroatoms. The Kier molecular flexibility index (Phi) is 3.69. The molecular formula is C10H10N2O4S2. The number of aliphatic hydroxyl groups excluding tert-OH is 1. The van der Waals surface area contributed by atoms with Gasteiger partial charge in [0.2, 0.25) is 0 Å². The van der Waals surface area contributed by atoms with Gasteiger partial charge in [0.25, 0.3) is 10.9 Å². The number of hydrogen-bond acceptors (Lipinski definition) is 7. The van der Waals surface area contributed by atoms with Crippen LogP contribution in [0.4, 0.5) is 5.69 Å². The third kappa shape index (κ3) is 2.71. The molecule has 96 valence electrons. The molecule has 0 saturated carbocycles. The van der Waals surface area contributed by atoms with Crippen LogP contribution in [-0.4, -0.2) is 15.0 Å². The maximum absolute atomic E-state index is 10.9. The maximum atomic E-state index is 10.9. The minimum absolute atomic E-state index is 0.0308. The van der Waals surface area contributed by atoms with Gasteiger partial charge in [-0.05, 0) is 25.6 Å². The van der Waals surface area contributed by atoms with Gasteiger partial charge >= 0.3 is 0 Å². The number of rotatable bonds is 4. The Balaban J connectivity index is 2.33. The molecule has 0 aliphatic rings. The summed E-state index contributed by atoms with van der Waals surface area (Å²) >= 11 is 2.26. The Morgan fingerprint density at radius 3 is 2.89 bits per heavy atom. The van der Waals surface area contributed by atoms with Gasteiger partial charge in [-0.15, -0.1) is 11.3 Å². The van der Waals surface area contributed by atoms with E-state index in [-0.39, 0.29) is 5.69 Å². The van der Waals surface area contributed by atoms with Crippen molar-refractivity contribution < 1.29 is 14.4 Å². The van der Waals surface area contributed by atoms with Gasteiger partial charge in [0, 0.05) is 10.9 Å². The summed E-state index contributed by atoms with van der Waals surface area (Å²) < 4.78 is 5.60. The molecule has 0 unspecified atom stereocenters. The lowest BCUT2D eigenvalue weighted by Crippen LogP contribution is -1.87. The van der Waals surface area contributed by atoms with Crippen LogP contribution in [0.5, 0.6) is 0 Å². The zero-order chi connectivity index (χ0) is 13.3. The molecule has 0 aliphatic heterocycles. The second-order valence-corrected chi connectivity index (χ2v) is 5.92. The fourth-order valence-corrected chi connectivity index (χ4v) is 3.39. The second-order valence-electron chi connectivity index (χ2n) is 3.61. The molecule has 0 aromatic carbocycles. The van der Waals surface area contributed by atoms with E-state index < -0.39 is 11.0 Å². The summed E-state index contributed by atoms with van der Waals surface area (Å²) in [6.45, 7) is 3.34. The minimum Gasteiger partial charge on any atom is -0.439 e. The van der Waals surface area contributed by atoms with Crippen LogP contribution >= 0.6 is 23.1 Å². The lowest BCUT2D eigenvalue weighted by Gasteiger charge is -1.95. The minimum atomic E-state index is -0.727. The molecule has 2 rings (SSSR count). The van der Waals surface area contributed by atoms with Gasteiger partial charge < -0.3 is 9.52 Å². The van der Waals surface area contributed by atoms with Gasteiger partial charge in [-0.25, -0.2) is 4.98 Å². The quantitative estimate of drug-likeness (QED) is 0.686. The van der Waals surface area contributed by atoms with Crippen molar-refractivity contribution in [3.63, 3.8) is 0 Å². The molecule has 6 nitrogen and oxygen atoms in total. The summed E-state index contributed by atoms with van der Waals surface area (Å²) in [6.07, 6.45) is 0.756. The summed E-state index contributed by atoms with van der Waals surface area (Å²) in [4.78, 5) is 15.1. The van der Waals surface area contributed by atoms with E-state index in [4.69, 9.17) is 4.42 Å². The van der Waals surface area contributed by atoms with E-state index >= 15 is 0 Å². The molecule has 0 aliphatic carbocycles. The number of nitrogens with zero attached hydrogens (tertiary/aromatic N) is 2. The molecule has 0 spiro atoms. The zero-order valence-corrected chi connectivity index (χ0v) is 11.2. The predicted octanol–water partition coefficient (Wildman–Crippen LogP) is 3.16. The first-order chi connectivity index (χ1) is 8.47. The number of aliphatic hydroxyl groups is 1. The number of thiophene rings is 1. The van der Waals surface area contributed by atoms with E-state index in [0.29, 0.717) is 20.0 Å². The molecule has 18 heavy (non-hydrogen) atoms. The summed E-state index contributed by atoms with van der Waals surface area (Å²) in [5.74, 6) is 0. The number of aromatic nitrogens is 1. The molecule has 1 atom stereocenters. The summed E-state index contributed by atoms with van der Waals surface area (Å²) in [7, 11) is 0.